The van der Waals surface area contributed by atoms with Crippen molar-refractivity contribution in [3.8, 4) is 0 Å². The third-order valence-corrected chi connectivity index (χ3v) is 0. The largest absolute Gasteiger partial charge is 2.00 e. The second kappa shape index (κ2) is 5.78. The standard InChI is InChI=1S/Ca.Cu.H2O4S/c;;1-5(2,3)4/h;;(H2,1,2,3,4)/q+2;;/p-2. The van der Waals surface area contributed by atoms with E-state index in [1.165, 1.54) is 0 Å². The maximum atomic E-state index is 8.52. The summed E-state index contributed by atoms with van der Waals surface area (Å²) in [6.07, 6.45) is 0. The second-order valence-electron chi connectivity index (χ2n) is 0.408. The van der Waals surface area contributed by atoms with Crippen molar-refractivity contribution >= 4 is 48.1 Å². The van der Waals surface area contributed by atoms with Crippen LogP contribution >= 0.6 is 0 Å². The quantitative estimate of drug-likeness (QED) is 0.264. The predicted octanol–water partition coefficient (Wildman–Crippen LogP) is -1.72. The molecule has 0 aromatic heterocycles. The van der Waals surface area contributed by atoms with E-state index in [0.29, 0.717) is 0 Å². The normalized spacial score (nSPS) is 8.29. The minimum Gasteiger partial charge on any atom is -0.759 e. The van der Waals surface area contributed by atoms with Crippen LogP contribution in [0, 0.1) is 0 Å². The fourth-order valence-corrected chi connectivity index (χ4v) is 0. The molecule has 0 saturated carbocycles. The molecule has 7 heavy (non-hydrogen) atoms. The van der Waals surface area contributed by atoms with Gasteiger partial charge in [-0.05, 0) is 0 Å². The molecule has 0 fully saturated rings. The van der Waals surface area contributed by atoms with Crippen LogP contribution in [-0.4, -0.2) is 55.3 Å². The molecular weight excluding hydrogens is 200 g/mol. The van der Waals surface area contributed by atoms with Gasteiger partial charge in [0, 0.05) is 27.5 Å². The van der Waals surface area contributed by atoms with Crippen molar-refractivity contribution in [3.63, 3.8) is 0 Å². The van der Waals surface area contributed by atoms with E-state index >= 15 is 0 Å². The first kappa shape index (κ1) is 15.9. The van der Waals surface area contributed by atoms with Gasteiger partial charge in [0.1, 0.15) is 0 Å². The summed E-state index contributed by atoms with van der Waals surface area (Å²) in [4.78, 5) is 0. The molecule has 0 aromatic carbocycles. The number of hydrogen-bond acceptors (Lipinski definition) is 4. The maximum absolute atomic E-state index is 8.52. The molecule has 0 atom stereocenters. The summed E-state index contributed by atoms with van der Waals surface area (Å²) in [6.45, 7) is 0. The first-order chi connectivity index (χ1) is 2.00. The topological polar surface area (TPSA) is 80.3 Å². The summed E-state index contributed by atoms with van der Waals surface area (Å²) < 4.78 is 34.1. The molecule has 0 aliphatic rings. The van der Waals surface area contributed by atoms with Gasteiger partial charge in [0.2, 0.25) is 0 Å². The molecule has 0 aliphatic heterocycles. The van der Waals surface area contributed by atoms with Crippen molar-refractivity contribution in [2.24, 2.45) is 0 Å². The van der Waals surface area contributed by atoms with Crippen LogP contribution < -0.4 is 0 Å². The molecular formula is CaCuO4S. The van der Waals surface area contributed by atoms with E-state index in [4.69, 9.17) is 17.5 Å². The predicted molar refractivity (Wildman–Crippen MR) is 16.2 cm³/mol. The Morgan fingerprint density at radius 3 is 1.14 bits per heavy atom. The molecule has 0 saturated heterocycles. The summed E-state index contributed by atoms with van der Waals surface area (Å²) in [5, 5.41) is 0. The van der Waals surface area contributed by atoms with Crippen molar-refractivity contribution in [1.29, 1.82) is 0 Å². The summed E-state index contributed by atoms with van der Waals surface area (Å²) in [5.74, 6) is 0. The second-order valence-corrected chi connectivity index (χ2v) is 1.22. The van der Waals surface area contributed by atoms with Crippen LogP contribution in [0.25, 0.3) is 0 Å². The van der Waals surface area contributed by atoms with Crippen LogP contribution in [0.5, 0.6) is 0 Å². The monoisotopic (exact) mass is 199 g/mol. The smallest absolute Gasteiger partial charge is 0.759 e. The molecule has 7 heteroatoms. The molecule has 1 radical (unpaired) electrons. The fraction of sp³-hybridized carbons (Fsp3) is 0. The van der Waals surface area contributed by atoms with Crippen LogP contribution in [0.2, 0.25) is 0 Å². The molecule has 0 aromatic rings. The van der Waals surface area contributed by atoms with Crippen molar-refractivity contribution in [1.82, 2.24) is 0 Å². The van der Waals surface area contributed by atoms with Gasteiger partial charge < -0.3 is 9.11 Å². The summed E-state index contributed by atoms with van der Waals surface area (Å²) >= 11 is 0. The Morgan fingerprint density at radius 2 is 1.14 bits per heavy atom. The van der Waals surface area contributed by atoms with Gasteiger partial charge >= 0.3 is 37.7 Å². The Labute approximate surface area is 81.7 Å². The number of rotatable bonds is 0. The molecule has 0 rings (SSSR count). The van der Waals surface area contributed by atoms with E-state index < -0.39 is 10.4 Å². The van der Waals surface area contributed by atoms with Gasteiger partial charge in [-0.15, -0.1) is 0 Å². The molecule has 0 heterocycles. The van der Waals surface area contributed by atoms with E-state index in [1.54, 1.807) is 0 Å². The van der Waals surface area contributed by atoms with Gasteiger partial charge in [-0.2, -0.15) is 0 Å². The number of hydrogen-bond donors (Lipinski definition) is 0. The average molecular weight is 200 g/mol. The first-order valence-corrected chi connectivity index (χ1v) is 2.00. The van der Waals surface area contributed by atoms with E-state index in [9.17, 15) is 0 Å². The Kier molecular flexibility index (Phi) is 13.1. The molecule has 0 spiro atoms. The van der Waals surface area contributed by atoms with Crippen molar-refractivity contribution in [2.45, 2.75) is 0 Å². The first-order valence-electron chi connectivity index (χ1n) is 0.667. The van der Waals surface area contributed by atoms with E-state index in [0.717, 1.165) is 0 Å². The Morgan fingerprint density at radius 1 is 1.14 bits per heavy atom. The fourth-order valence-electron chi connectivity index (χ4n) is 0. The van der Waals surface area contributed by atoms with Gasteiger partial charge in [0.25, 0.3) is 0 Å². The van der Waals surface area contributed by atoms with Crippen LogP contribution in [-0.2, 0) is 27.5 Å². The minimum atomic E-state index is -5.17. The van der Waals surface area contributed by atoms with Crippen molar-refractivity contribution in [3.05, 3.63) is 0 Å². The van der Waals surface area contributed by atoms with Gasteiger partial charge in [0.05, 0.1) is 0 Å². The molecule has 0 aliphatic carbocycles. The molecule has 0 unspecified atom stereocenters. The summed E-state index contributed by atoms with van der Waals surface area (Å²) in [6, 6.07) is 0. The third kappa shape index (κ3) is 89.8. The third-order valence-electron chi connectivity index (χ3n) is 0. The summed E-state index contributed by atoms with van der Waals surface area (Å²) in [7, 11) is -5.17. The van der Waals surface area contributed by atoms with Crippen LogP contribution in [0.15, 0.2) is 0 Å². The van der Waals surface area contributed by atoms with Gasteiger partial charge in [-0.3, -0.25) is 8.42 Å². The zero-order valence-corrected chi connectivity index (χ0v) is 7.02. The van der Waals surface area contributed by atoms with Crippen LogP contribution in [0.4, 0.5) is 0 Å². The Bertz CT molecular complexity index is 94.9. The van der Waals surface area contributed by atoms with Crippen molar-refractivity contribution in [2.75, 3.05) is 0 Å². The molecule has 43 valence electrons. The Balaban J connectivity index is -0.0000000800. The van der Waals surface area contributed by atoms with E-state index in [2.05, 4.69) is 0 Å². The zero-order chi connectivity index (χ0) is 4.50. The maximum Gasteiger partial charge on any atom is 2.00 e. The van der Waals surface area contributed by atoms with E-state index in [-0.39, 0.29) is 54.8 Å². The van der Waals surface area contributed by atoms with Crippen LogP contribution in [0.1, 0.15) is 0 Å². The molecule has 0 bridgehead atoms. The molecule has 4 nitrogen and oxygen atoms in total. The van der Waals surface area contributed by atoms with Gasteiger partial charge in [-0.1, -0.05) is 0 Å². The van der Waals surface area contributed by atoms with Crippen molar-refractivity contribution < 1.29 is 34.6 Å². The zero-order valence-electron chi connectivity index (χ0n) is 3.05. The molecule has 0 amide bonds. The van der Waals surface area contributed by atoms with Gasteiger partial charge in [0.15, 0.2) is 0 Å². The SMILES string of the molecule is O=S(=O)([O-])[O-].[Ca+2].[Cu]. The molecule has 0 N–H and O–H groups in total. The van der Waals surface area contributed by atoms with Crippen LogP contribution in [0.3, 0.4) is 0 Å². The average Bonchev–Trinajstić information content (AvgIpc) is 0.722. The minimum absolute atomic E-state index is 0. The Hall–Kier alpha value is 1.65. The van der Waals surface area contributed by atoms with E-state index in [1.807, 2.05) is 0 Å². The summed E-state index contributed by atoms with van der Waals surface area (Å²) in [5.41, 5.74) is 0. The van der Waals surface area contributed by atoms with Gasteiger partial charge in [-0.25, -0.2) is 0 Å².